The fourth-order valence-electron chi connectivity index (χ4n) is 8.27. The van der Waals surface area contributed by atoms with Crippen LogP contribution in [0, 0.1) is 5.92 Å². The summed E-state index contributed by atoms with van der Waals surface area (Å²) in [6, 6.07) is 4.22. The molecule has 1 aromatic carbocycles. The van der Waals surface area contributed by atoms with Gasteiger partial charge in [-0.3, -0.25) is 4.90 Å². The van der Waals surface area contributed by atoms with Crippen molar-refractivity contribution in [1.82, 2.24) is 4.90 Å². The van der Waals surface area contributed by atoms with Crippen LogP contribution < -0.4 is 9.47 Å². The minimum absolute atomic E-state index is 0.0638. The van der Waals surface area contributed by atoms with E-state index in [9.17, 15) is 10.2 Å². The Bertz CT molecular complexity index is 1090. The molecule has 1 spiro atoms. The summed E-state index contributed by atoms with van der Waals surface area (Å²) in [5.41, 5.74) is 0.824. The summed E-state index contributed by atoms with van der Waals surface area (Å²) in [4.78, 5) is 2.56. The summed E-state index contributed by atoms with van der Waals surface area (Å²) in [5, 5.41) is 23.7. The van der Waals surface area contributed by atoms with E-state index in [1.165, 1.54) is 24.8 Å². The van der Waals surface area contributed by atoms with Crippen LogP contribution in [0.1, 0.15) is 49.7 Å². The fraction of sp³-hybridized carbons (Fsp3) is 0.824. The molecule has 1 aromatic rings. The van der Waals surface area contributed by atoms with E-state index >= 15 is 0 Å². The maximum absolute atomic E-state index is 12.5. The molecule has 0 unspecified atom stereocenters. The van der Waals surface area contributed by atoms with Crippen molar-refractivity contribution in [3.63, 3.8) is 0 Å². The number of benzene rings is 1. The zero-order valence-electron chi connectivity index (χ0n) is 26.9. The second kappa shape index (κ2) is 15.6. The van der Waals surface area contributed by atoms with Gasteiger partial charge in [0.1, 0.15) is 12.7 Å². The molecule has 11 nitrogen and oxygen atoms in total. The van der Waals surface area contributed by atoms with Gasteiger partial charge in [0.25, 0.3) is 0 Å². The lowest BCUT2D eigenvalue weighted by molar-refractivity contribution is -0.209. The number of aliphatic hydroxyl groups is 2. The highest BCUT2D eigenvalue weighted by atomic mass is 16.6. The Morgan fingerprint density at radius 3 is 2.04 bits per heavy atom. The summed E-state index contributed by atoms with van der Waals surface area (Å²) >= 11 is 0. The van der Waals surface area contributed by atoms with E-state index in [1.54, 1.807) is 7.11 Å². The van der Waals surface area contributed by atoms with Gasteiger partial charge in [-0.15, -0.1) is 0 Å². The molecule has 5 atom stereocenters. The third-order valence-electron chi connectivity index (χ3n) is 10.6. The van der Waals surface area contributed by atoms with Crippen LogP contribution in [0.25, 0.3) is 0 Å². The van der Waals surface area contributed by atoms with Crippen LogP contribution in [-0.2, 0) is 40.3 Å². The molecule has 2 saturated carbocycles. The third-order valence-corrected chi connectivity index (χ3v) is 10.6. The molecule has 0 radical (unpaired) electrons. The lowest BCUT2D eigenvalue weighted by Gasteiger charge is -2.64. The number of hydrogen-bond donors (Lipinski definition) is 2. The molecule has 3 aliphatic carbocycles. The Balaban J connectivity index is 0.913. The van der Waals surface area contributed by atoms with Crippen molar-refractivity contribution in [2.24, 2.45) is 5.92 Å². The lowest BCUT2D eigenvalue weighted by atomic mass is 9.48. The smallest absolute Gasteiger partial charge is 0.166 e. The van der Waals surface area contributed by atoms with Crippen LogP contribution in [0.4, 0.5) is 0 Å². The van der Waals surface area contributed by atoms with Crippen molar-refractivity contribution in [1.29, 1.82) is 0 Å². The molecule has 0 amide bonds. The highest BCUT2D eigenvalue weighted by molar-refractivity contribution is 5.63. The number of nitrogens with zero attached hydrogens (tertiary/aromatic N) is 1. The lowest BCUT2D eigenvalue weighted by Crippen LogP contribution is -2.77. The van der Waals surface area contributed by atoms with Crippen LogP contribution in [-0.4, -0.2) is 138 Å². The number of methoxy groups -OCH3 is 1. The monoisotopic (exact) mass is 635 g/mol. The SMILES string of the molecule is COCCOCCOCCOCCOCCOCCOc1ccc2c3c1O[C@H]1[C@@H](O)CC[C@@]4(O)[C@@H](C2)N(CC2CCC2)CC[C@]314. The van der Waals surface area contributed by atoms with Crippen LogP contribution in [0.5, 0.6) is 11.5 Å². The predicted octanol–water partition coefficient (Wildman–Crippen LogP) is 2.11. The van der Waals surface area contributed by atoms with Gasteiger partial charge >= 0.3 is 0 Å². The molecule has 3 fully saturated rings. The maximum Gasteiger partial charge on any atom is 0.166 e. The molecular weight excluding hydrogens is 582 g/mol. The Hall–Kier alpha value is -1.54. The van der Waals surface area contributed by atoms with Gasteiger partial charge in [-0.25, -0.2) is 0 Å². The first-order valence-corrected chi connectivity index (χ1v) is 17.1. The van der Waals surface area contributed by atoms with E-state index in [0.717, 1.165) is 37.4 Å². The average molecular weight is 636 g/mol. The molecule has 0 aromatic heterocycles. The molecular formula is C34H53NO10. The second-order valence-corrected chi connectivity index (χ2v) is 13.1. The minimum atomic E-state index is -0.906. The molecule has 2 N–H and O–H groups in total. The van der Waals surface area contributed by atoms with Crippen molar-refractivity contribution in [2.75, 3.05) is 99.5 Å². The zero-order chi connectivity index (χ0) is 31.1. The fourth-order valence-corrected chi connectivity index (χ4v) is 8.27. The van der Waals surface area contributed by atoms with E-state index in [1.807, 2.05) is 6.07 Å². The quantitative estimate of drug-likeness (QED) is 0.194. The molecule has 2 heterocycles. The van der Waals surface area contributed by atoms with Gasteiger partial charge in [-0.2, -0.15) is 0 Å². The van der Waals surface area contributed by atoms with Crippen LogP contribution >= 0.6 is 0 Å². The Labute approximate surface area is 267 Å². The first-order valence-electron chi connectivity index (χ1n) is 17.1. The molecule has 2 bridgehead atoms. The van der Waals surface area contributed by atoms with E-state index in [4.69, 9.17) is 37.9 Å². The standard InChI is InChI=1S/C34H53NO10/c1-38-11-12-39-13-14-40-15-16-41-17-18-42-19-20-43-21-22-44-28-6-5-26-23-29-34(37)8-7-27(36)32-33(34,30(26)31(28)45-32)9-10-35(29)24-25-3-2-4-25/h5-6,25,27,29,32,36-37H,2-4,7-24H2,1H3/t27-,29+,32-,33-,34+/m0/s1. The normalized spacial score (nSPS) is 30.2. The van der Waals surface area contributed by atoms with Gasteiger partial charge < -0.3 is 48.1 Å². The van der Waals surface area contributed by atoms with Crippen molar-refractivity contribution in [2.45, 2.75) is 74.2 Å². The summed E-state index contributed by atoms with van der Waals surface area (Å²) in [6.45, 7) is 8.04. The maximum atomic E-state index is 12.5. The first-order chi connectivity index (χ1) is 22.1. The van der Waals surface area contributed by atoms with E-state index in [-0.39, 0.29) is 6.04 Å². The molecule has 6 rings (SSSR count). The van der Waals surface area contributed by atoms with Gasteiger partial charge in [0.15, 0.2) is 11.5 Å². The topological polar surface area (TPSA) is 118 Å². The van der Waals surface area contributed by atoms with Gasteiger partial charge in [0.05, 0.1) is 89.8 Å². The number of hydrogen-bond acceptors (Lipinski definition) is 11. The van der Waals surface area contributed by atoms with Crippen molar-refractivity contribution in [3.8, 4) is 11.5 Å². The number of rotatable bonds is 21. The van der Waals surface area contributed by atoms with E-state index in [0.29, 0.717) is 104 Å². The molecule has 1 saturated heterocycles. The van der Waals surface area contributed by atoms with Crippen molar-refractivity contribution in [3.05, 3.63) is 23.3 Å². The average Bonchev–Trinajstić information content (AvgIpc) is 3.38. The zero-order valence-corrected chi connectivity index (χ0v) is 26.9. The van der Waals surface area contributed by atoms with Gasteiger partial charge in [-0.05, 0) is 62.6 Å². The molecule has 45 heavy (non-hydrogen) atoms. The summed E-state index contributed by atoms with van der Waals surface area (Å²) < 4.78 is 45.3. The largest absolute Gasteiger partial charge is 0.487 e. The Kier molecular flexibility index (Phi) is 11.5. The summed E-state index contributed by atoms with van der Waals surface area (Å²) in [7, 11) is 1.65. The highest BCUT2D eigenvalue weighted by Gasteiger charge is 2.73. The van der Waals surface area contributed by atoms with Gasteiger partial charge in [0, 0.05) is 25.3 Å². The third kappa shape index (κ3) is 6.89. The van der Waals surface area contributed by atoms with E-state index < -0.39 is 23.2 Å². The van der Waals surface area contributed by atoms with Gasteiger partial charge in [0.2, 0.25) is 0 Å². The molecule has 254 valence electrons. The van der Waals surface area contributed by atoms with Crippen LogP contribution in [0.15, 0.2) is 12.1 Å². The highest BCUT2D eigenvalue weighted by Crippen LogP contribution is 2.65. The number of ether oxygens (including phenoxy) is 8. The summed E-state index contributed by atoms with van der Waals surface area (Å²) in [6.07, 6.45) is 5.65. The minimum Gasteiger partial charge on any atom is -0.487 e. The number of likely N-dealkylation sites (tertiary alicyclic amines) is 1. The van der Waals surface area contributed by atoms with E-state index in [2.05, 4.69) is 11.0 Å². The molecule has 2 aliphatic heterocycles. The second-order valence-electron chi connectivity index (χ2n) is 13.1. The van der Waals surface area contributed by atoms with Crippen LogP contribution in [0.2, 0.25) is 0 Å². The predicted molar refractivity (Wildman–Crippen MR) is 165 cm³/mol. The number of aliphatic hydroxyl groups excluding tert-OH is 1. The first kappa shape index (κ1) is 33.4. The molecule has 5 aliphatic rings. The Morgan fingerprint density at radius 2 is 1.44 bits per heavy atom. The summed E-state index contributed by atoms with van der Waals surface area (Å²) in [5.74, 6) is 2.13. The number of piperidine rings is 1. The van der Waals surface area contributed by atoms with Crippen molar-refractivity contribution < 1.29 is 48.1 Å². The Morgan fingerprint density at radius 1 is 0.822 bits per heavy atom. The van der Waals surface area contributed by atoms with Gasteiger partial charge in [-0.1, -0.05) is 12.5 Å². The molecule has 11 heteroatoms. The van der Waals surface area contributed by atoms with Crippen LogP contribution in [0.3, 0.4) is 0 Å². The van der Waals surface area contributed by atoms with Crippen molar-refractivity contribution >= 4 is 0 Å².